The van der Waals surface area contributed by atoms with E-state index in [1.807, 2.05) is 0 Å². The zero-order valence-corrected chi connectivity index (χ0v) is 12.9. The maximum atomic E-state index is 10.8. The predicted octanol–water partition coefficient (Wildman–Crippen LogP) is 2.34. The SMILES string of the molecule is CCCN(CCC)CC1(O)Sc2ccc(O)cc2C1O. The molecule has 0 saturated carbocycles. The van der Waals surface area contributed by atoms with Crippen LogP contribution >= 0.6 is 11.8 Å². The Morgan fingerprint density at radius 3 is 2.50 bits per heavy atom. The first kappa shape index (κ1) is 15.6. The molecule has 0 amide bonds. The molecule has 0 fully saturated rings. The van der Waals surface area contributed by atoms with Crippen LogP contribution in [0.3, 0.4) is 0 Å². The van der Waals surface area contributed by atoms with Crippen molar-refractivity contribution in [3.05, 3.63) is 23.8 Å². The van der Waals surface area contributed by atoms with Crippen LogP contribution in [0, 0.1) is 0 Å². The van der Waals surface area contributed by atoms with Gasteiger partial charge in [-0.15, -0.1) is 0 Å². The molecule has 0 saturated heterocycles. The minimum Gasteiger partial charge on any atom is -0.508 e. The Morgan fingerprint density at radius 2 is 1.90 bits per heavy atom. The lowest BCUT2D eigenvalue weighted by Gasteiger charge is -2.32. The Balaban J connectivity index is 2.16. The Bertz CT molecular complexity index is 462. The summed E-state index contributed by atoms with van der Waals surface area (Å²) in [6, 6.07) is 4.87. The van der Waals surface area contributed by atoms with Gasteiger partial charge in [0.2, 0.25) is 0 Å². The van der Waals surface area contributed by atoms with Crippen LogP contribution in [-0.4, -0.2) is 44.8 Å². The summed E-state index contributed by atoms with van der Waals surface area (Å²) in [6.45, 7) is 6.46. The zero-order chi connectivity index (χ0) is 14.8. The minimum atomic E-state index is -1.24. The smallest absolute Gasteiger partial charge is 0.157 e. The van der Waals surface area contributed by atoms with Gasteiger partial charge in [-0.2, -0.15) is 0 Å². The Morgan fingerprint density at radius 1 is 1.25 bits per heavy atom. The van der Waals surface area contributed by atoms with Crippen molar-refractivity contribution in [2.24, 2.45) is 0 Å². The van der Waals surface area contributed by atoms with E-state index in [2.05, 4.69) is 18.7 Å². The number of nitrogens with zero attached hydrogens (tertiary/aromatic N) is 1. The summed E-state index contributed by atoms with van der Waals surface area (Å²) >= 11 is 1.29. The van der Waals surface area contributed by atoms with Crippen LogP contribution in [0.25, 0.3) is 0 Å². The number of thioether (sulfide) groups is 1. The summed E-state index contributed by atoms with van der Waals surface area (Å²) in [4.78, 5) is 1.79. The number of fused-ring (bicyclic) bond motifs is 1. The molecule has 2 unspecified atom stereocenters. The molecule has 0 radical (unpaired) electrons. The fourth-order valence-corrected chi connectivity index (χ4v) is 3.96. The van der Waals surface area contributed by atoms with E-state index in [4.69, 9.17) is 0 Å². The van der Waals surface area contributed by atoms with Crippen LogP contribution in [-0.2, 0) is 0 Å². The molecule has 0 bridgehead atoms. The van der Waals surface area contributed by atoms with Gasteiger partial charge in [0.25, 0.3) is 0 Å². The fourth-order valence-electron chi connectivity index (χ4n) is 2.67. The van der Waals surface area contributed by atoms with Gasteiger partial charge in [0.15, 0.2) is 4.93 Å². The number of aliphatic hydroxyl groups is 2. The average molecular weight is 297 g/mol. The molecule has 2 rings (SSSR count). The molecule has 1 aromatic rings. The van der Waals surface area contributed by atoms with Crippen molar-refractivity contribution in [3.8, 4) is 5.75 Å². The lowest BCUT2D eigenvalue weighted by Crippen LogP contribution is -2.43. The summed E-state index contributed by atoms with van der Waals surface area (Å²) < 4.78 is 0. The van der Waals surface area contributed by atoms with E-state index in [1.165, 1.54) is 17.8 Å². The molecular formula is C15H23NO3S. The van der Waals surface area contributed by atoms with Gasteiger partial charge in [-0.1, -0.05) is 25.6 Å². The summed E-state index contributed by atoms with van der Waals surface area (Å²) in [5, 5.41) is 30.7. The molecule has 5 heteroatoms. The third-order valence-electron chi connectivity index (χ3n) is 3.53. The summed E-state index contributed by atoms with van der Waals surface area (Å²) in [5.74, 6) is 0.117. The lowest BCUT2D eigenvalue weighted by molar-refractivity contribution is -0.0256. The standard InChI is InChI=1S/C15H23NO3S/c1-3-7-16(8-4-2)10-15(19)14(18)12-9-11(17)5-6-13(12)20-15/h5-6,9,14,17-19H,3-4,7-8,10H2,1-2H3. The Hall–Kier alpha value is -0.750. The topological polar surface area (TPSA) is 63.9 Å². The van der Waals surface area contributed by atoms with Gasteiger partial charge in [0.1, 0.15) is 11.9 Å². The number of aromatic hydroxyl groups is 1. The van der Waals surface area contributed by atoms with Crippen molar-refractivity contribution >= 4 is 11.8 Å². The van der Waals surface area contributed by atoms with Crippen molar-refractivity contribution in [2.75, 3.05) is 19.6 Å². The Labute approximate surface area is 124 Å². The van der Waals surface area contributed by atoms with Crippen LogP contribution < -0.4 is 0 Å². The highest BCUT2D eigenvalue weighted by molar-refractivity contribution is 8.00. The molecular weight excluding hydrogens is 274 g/mol. The normalized spacial score (nSPS) is 25.1. The number of phenols is 1. The van der Waals surface area contributed by atoms with Gasteiger partial charge < -0.3 is 15.3 Å². The van der Waals surface area contributed by atoms with E-state index in [9.17, 15) is 15.3 Å². The average Bonchev–Trinajstić information content (AvgIpc) is 2.63. The second-order valence-corrected chi connectivity index (χ2v) is 6.70. The first-order valence-electron chi connectivity index (χ1n) is 7.15. The van der Waals surface area contributed by atoms with Crippen molar-refractivity contribution in [1.82, 2.24) is 4.90 Å². The van der Waals surface area contributed by atoms with E-state index < -0.39 is 11.0 Å². The van der Waals surface area contributed by atoms with Crippen LogP contribution in [0.2, 0.25) is 0 Å². The highest BCUT2D eigenvalue weighted by Crippen LogP contribution is 2.51. The number of hydrogen-bond acceptors (Lipinski definition) is 5. The maximum Gasteiger partial charge on any atom is 0.157 e. The van der Waals surface area contributed by atoms with Crippen LogP contribution in [0.1, 0.15) is 38.4 Å². The van der Waals surface area contributed by atoms with Gasteiger partial charge in [-0.25, -0.2) is 0 Å². The van der Waals surface area contributed by atoms with Crippen molar-refractivity contribution in [1.29, 1.82) is 0 Å². The molecule has 1 heterocycles. The second-order valence-electron chi connectivity index (χ2n) is 5.35. The summed E-state index contributed by atoms with van der Waals surface area (Å²) in [7, 11) is 0. The van der Waals surface area contributed by atoms with Gasteiger partial charge in [-0.3, -0.25) is 4.90 Å². The predicted molar refractivity (Wildman–Crippen MR) is 80.9 cm³/mol. The number of benzene rings is 1. The van der Waals surface area contributed by atoms with E-state index in [0.717, 1.165) is 30.8 Å². The van der Waals surface area contributed by atoms with E-state index in [-0.39, 0.29) is 5.75 Å². The minimum absolute atomic E-state index is 0.117. The fraction of sp³-hybridized carbons (Fsp3) is 0.600. The van der Waals surface area contributed by atoms with Gasteiger partial charge in [0, 0.05) is 17.0 Å². The number of phenolic OH excluding ortho intramolecular Hbond substituents is 1. The molecule has 112 valence electrons. The maximum absolute atomic E-state index is 10.8. The first-order valence-corrected chi connectivity index (χ1v) is 7.96. The van der Waals surface area contributed by atoms with Crippen LogP contribution in [0.5, 0.6) is 5.75 Å². The number of aliphatic hydroxyl groups excluding tert-OH is 1. The third-order valence-corrected chi connectivity index (χ3v) is 4.83. The van der Waals surface area contributed by atoms with Gasteiger partial charge in [0.05, 0.1) is 0 Å². The number of hydrogen-bond donors (Lipinski definition) is 3. The molecule has 4 nitrogen and oxygen atoms in total. The molecule has 1 aromatic carbocycles. The van der Waals surface area contributed by atoms with Gasteiger partial charge >= 0.3 is 0 Å². The summed E-state index contributed by atoms with van der Waals surface area (Å²) in [6.07, 6.45) is 1.07. The molecule has 2 atom stereocenters. The largest absolute Gasteiger partial charge is 0.508 e. The highest BCUT2D eigenvalue weighted by atomic mass is 32.2. The monoisotopic (exact) mass is 297 g/mol. The van der Waals surface area contributed by atoms with E-state index in [0.29, 0.717) is 12.1 Å². The lowest BCUT2D eigenvalue weighted by atomic mass is 10.0. The van der Waals surface area contributed by atoms with Crippen LogP contribution in [0.15, 0.2) is 23.1 Å². The number of rotatable bonds is 6. The Kier molecular flexibility index (Phi) is 4.96. The molecule has 20 heavy (non-hydrogen) atoms. The quantitative estimate of drug-likeness (QED) is 0.752. The zero-order valence-electron chi connectivity index (χ0n) is 12.0. The van der Waals surface area contributed by atoms with E-state index >= 15 is 0 Å². The first-order chi connectivity index (χ1) is 9.50. The third kappa shape index (κ3) is 3.11. The molecule has 1 aliphatic heterocycles. The molecule has 0 aliphatic carbocycles. The summed E-state index contributed by atoms with van der Waals surface area (Å²) in [5.41, 5.74) is 0.616. The van der Waals surface area contributed by atoms with Gasteiger partial charge in [-0.05, 0) is 44.1 Å². The molecule has 1 aliphatic rings. The van der Waals surface area contributed by atoms with E-state index in [1.54, 1.807) is 12.1 Å². The van der Waals surface area contributed by atoms with Crippen molar-refractivity contribution in [3.63, 3.8) is 0 Å². The van der Waals surface area contributed by atoms with Crippen LogP contribution in [0.4, 0.5) is 0 Å². The second kappa shape index (κ2) is 6.35. The molecule has 0 aromatic heterocycles. The van der Waals surface area contributed by atoms with Crippen molar-refractivity contribution in [2.45, 2.75) is 42.6 Å². The molecule has 0 spiro atoms. The highest BCUT2D eigenvalue weighted by Gasteiger charge is 2.46. The molecule has 3 N–H and O–H groups in total. The van der Waals surface area contributed by atoms with Crippen molar-refractivity contribution < 1.29 is 15.3 Å².